The Morgan fingerprint density at radius 2 is 2.07 bits per heavy atom. The Morgan fingerprint density at radius 3 is 2.75 bits per heavy atom. The molecule has 0 saturated carbocycles. The van der Waals surface area contributed by atoms with Gasteiger partial charge in [-0.3, -0.25) is 9.59 Å². The van der Waals surface area contributed by atoms with Gasteiger partial charge < -0.3 is 19.1 Å². The fraction of sp³-hybridized carbons (Fsp3) is 0.238. The van der Waals surface area contributed by atoms with Gasteiger partial charge in [-0.15, -0.1) is 0 Å². The molecule has 0 saturated heterocycles. The Morgan fingerprint density at radius 1 is 1.29 bits per heavy atom. The normalized spacial score (nSPS) is 14.3. The van der Waals surface area contributed by atoms with Crippen LogP contribution in [0.2, 0.25) is 5.02 Å². The van der Waals surface area contributed by atoms with Gasteiger partial charge >= 0.3 is 5.97 Å². The Labute approximate surface area is 165 Å². The molecule has 7 heteroatoms. The molecule has 0 fully saturated rings. The van der Waals surface area contributed by atoms with Gasteiger partial charge in [0.25, 0.3) is 0 Å². The lowest BCUT2D eigenvalue weighted by Gasteiger charge is -2.19. The number of ether oxygens (including phenoxy) is 2. The number of carbonyl (C=O) groups is 1. The molecule has 0 radical (unpaired) electrons. The summed E-state index contributed by atoms with van der Waals surface area (Å²) < 4.78 is 12.5. The van der Waals surface area contributed by atoms with Crippen LogP contribution in [0.25, 0.3) is 27.4 Å². The molecule has 0 bridgehead atoms. The third-order valence-corrected chi connectivity index (χ3v) is 5.21. The van der Waals surface area contributed by atoms with Crippen molar-refractivity contribution in [3.8, 4) is 5.75 Å². The highest BCUT2D eigenvalue weighted by Crippen LogP contribution is 2.34. The van der Waals surface area contributed by atoms with Crippen LogP contribution < -0.4 is 10.2 Å². The zero-order chi connectivity index (χ0) is 19.8. The molecule has 1 N–H and O–H groups in total. The number of rotatable bonds is 4. The van der Waals surface area contributed by atoms with Crippen LogP contribution in [0.3, 0.4) is 0 Å². The lowest BCUT2D eigenvalue weighted by atomic mass is 10.0. The van der Waals surface area contributed by atoms with Gasteiger partial charge in [0.05, 0.1) is 41.8 Å². The monoisotopic (exact) mass is 399 g/mol. The molecule has 28 heavy (non-hydrogen) atoms. The predicted molar refractivity (Wildman–Crippen MR) is 108 cm³/mol. The molecule has 1 aliphatic heterocycles. The molecule has 0 amide bonds. The Kier molecular flexibility index (Phi) is 4.83. The number of carboxylic acid groups (broad SMARTS) is 1. The van der Waals surface area contributed by atoms with Crippen LogP contribution in [0.1, 0.15) is 12.0 Å². The first kappa shape index (κ1) is 18.5. The molecule has 1 aromatic heterocycles. The van der Waals surface area contributed by atoms with Gasteiger partial charge in [0.2, 0.25) is 0 Å². The number of carboxylic acids is 1. The molecule has 1 aliphatic rings. The fourth-order valence-corrected chi connectivity index (χ4v) is 3.89. The average Bonchev–Trinajstić information content (AvgIpc) is 2.71. The van der Waals surface area contributed by atoms with Crippen molar-refractivity contribution in [3.63, 3.8) is 0 Å². The fourth-order valence-electron chi connectivity index (χ4n) is 3.66. The van der Waals surface area contributed by atoms with Crippen molar-refractivity contribution >= 4 is 44.9 Å². The molecular formula is C21H18ClNO5. The van der Waals surface area contributed by atoms with Crippen LogP contribution in [-0.4, -0.2) is 36.0 Å². The SMILES string of the molecule is COc1c(Cl)ccc2c(=O)c3ccc(C4=CCCOC4)cc3n(CC(=O)O)c12. The molecule has 2 aromatic carbocycles. The number of nitrogens with zero attached hydrogens (tertiary/aromatic N) is 1. The maximum atomic E-state index is 13.1. The van der Waals surface area contributed by atoms with E-state index >= 15 is 0 Å². The van der Waals surface area contributed by atoms with Gasteiger partial charge in [0.15, 0.2) is 11.2 Å². The quantitative estimate of drug-likeness (QED) is 0.677. The summed E-state index contributed by atoms with van der Waals surface area (Å²) in [5, 5.41) is 10.6. The summed E-state index contributed by atoms with van der Waals surface area (Å²) in [5.41, 5.74) is 2.61. The van der Waals surface area contributed by atoms with Gasteiger partial charge in [-0.25, -0.2) is 0 Å². The molecule has 0 unspecified atom stereocenters. The Bertz CT molecular complexity index is 1200. The van der Waals surface area contributed by atoms with Gasteiger partial charge in [-0.1, -0.05) is 23.7 Å². The summed E-state index contributed by atoms with van der Waals surface area (Å²) in [7, 11) is 1.45. The number of halogens is 1. The number of pyridine rings is 1. The molecule has 0 spiro atoms. The van der Waals surface area contributed by atoms with E-state index in [2.05, 4.69) is 6.08 Å². The summed E-state index contributed by atoms with van der Waals surface area (Å²) in [5.74, 6) is -0.746. The van der Waals surface area contributed by atoms with E-state index in [0.29, 0.717) is 40.0 Å². The second-order valence-electron chi connectivity index (χ2n) is 6.59. The van der Waals surface area contributed by atoms with Gasteiger partial charge in [0, 0.05) is 5.39 Å². The van der Waals surface area contributed by atoms with Crippen molar-refractivity contribution in [1.82, 2.24) is 4.57 Å². The Balaban J connectivity index is 2.13. The van der Waals surface area contributed by atoms with Crippen LogP contribution in [0, 0.1) is 0 Å². The molecule has 4 rings (SSSR count). The number of methoxy groups -OCH3 is 1. The number of fused-ring (bicyclic) bond motifs is 2. The first-order chi connectivity index (χ1) is 13.5. The van der Waals surface area contributed by atoms with Crippen LogP contribution >= 0.6 is 11.6 Å². The van der Waals surface area contributed by atoms with E-state index < -0.39 is 5.97 Å². The molecule has 2 heterocycles. The number of hydrogen-bond donors (Lipinski definition) is 1. The van der Waals surface area contributed by atoms with E-state index in [4.69, 9.17) is 21.1 Å². The number of aromatic nitrogens is 1. The average molecular weight is 400 g/mol. The van der Waals surface area contributed by atoms with E-state index in [0.717, 1.165) is 17.6 Å². The van der Waals surface area contributed by atoms with Gasteiger partial charge in [-0.05, 0) is 41.8 Å². The molecular weight excluding hydrogens is 382 g/mol. The molecule has 144 valence electrons. The molecule has 3 aromatic rings. The largest absolute Gasteiger partial charge is 0.493 e. The number of hydrogen-bond acceptors (Lipinski definition) is 4. The van der Waals surface area contributed by atoms with Crippen LogP contribution in [-0.2, 0) is 16.1 Å². The minimum atomic E-state index is -1.03. The zero-order valence-electron chi connectivity index (χ0n) is 15.2. The molecule has 0 aliphatic carbocycles. The third kappa shape index (κ3) is 3.04. The van der Waals surface area contributed by atoms with Crippen molar-refractivity contribution in [2.75, 3.05) is 20.3 Å². The lowest BCUT2D eigenvalue weighted by Crippen LogP contribution is -2.17. The number of benzene rings is 2. The minimum absolute atomic E-state index is 0.193. The first-order valence-electron chi connectivity index (χ1n) is 8.83. The van der Waals surface area contributed by atoms with E-state index in [-0.39, 0.29) is 17.7 Å². The summed E-state index contributed by atoms with van der Waals surface area (Å²) in [6, 6.07) is 8.63. The van der Waals surface area contributed by atoms with Crippen molar-refractivity contribution in [2.24, 2.45) is 0 Å². The highest BCUT2D eigenvalue weighted by atomic mass is 35.5. The van der Waals surface area contributed by atoms with E-state index in [9.17, 15) is 14.7 Å². The summed E-state index contributed by atoms with van der Waals surface area (Å²) in [6.45, 7) is 0.835. The van der Waals surface area contributed by atoms with Crippen molar-refractivity contribution in [1.29, 1.82) is 0 Å². The van der Waals surface area contributed by atoms with Crippen molar-refractivity contribution in [2.45, 2.75) is 13.0 Å². The minimum Gasteiger partial charge on any atom is -0.493 e. The van der Waals surface area contributed by atoms with Crippen molar-refractivity contribution < 1.29 is 19.4 Å². The van der Waals surface area contributed by atoms with E-state index in [1.54, 1.807) is 22.8 Å². The summed E-state index contributed by atoms with van der Waals surface area (Å²) >= 11 is 6.25. The predicted octanol–water partition coefficient (Wildman–Crippen LogP) is 3.71. The highest BCUT2D eigenvalue weighted by Gasteiger charge is 2.19. The standard InChI is InChI=1S/C21H18ClNO5/c1-27-21-16(22)7-6-15-19(21)23(10-18(24)25)17-9-12(4-5-14(17)20(15)26)13-3-2-8-28-11-13/h3-7,9H,2,8,10-11H2,1H3,(H,24,25). The number of aliphatic carboxylic acids is 1. The van der Waals surface area contributed by atoms with Gasteiger partial charge in [0.1, 0.15) is 6.54 Å². The Hall–Kier alpha value is -2.83. The third-order valence-electron chi connectivity index (χ3n) is 4.91. The molecule has 0 atom stereocenters. The van der Waals surface area contributed by atoms with Crippen molar-refractivity contribution in [3.05, 3.63) is 57.2 Å². The highest BCUT2D eigenvalue weighted by molar-refractivity contribution is 6.33. The topological polar surface area (TPSA) is 77.8 Å². The maximum Gasteiger partial charge on any atom is 0.323 e. The van der Waals surface area contributed by atoms with Crippen LogP contribution in [0.5, 0.6) is 5.75 Å². The maximum absolute atomic E-state index is 13.1. The second kappa shape index (κ2) is 7.30. The summed E-state index contributed by atoms with van der Waals surface area (Å²) in [4.78, 5) is 24.7. The smallest absolute Gasteiger partial charge is 0.323 e. The van der Waals surface area contributed by atoms with Crippen LogP contribution in [0.4, 0.5) is 0 Å². The zero-order valence-corrected chi connectivity index (χ0v) is 16.0. The van der Waals surface area contributed by atoms with Crippen LogP contribution in [0.15, 0.2) is 41.2 Å². The molecule has 6 nitrogen and oxygen atoms in total. The second-order valence-corrected chi connectivity index (χ2v) is 7.00. The first-order valence-corrected chi connectivity index (χ1v) is 9.20. The summed E-state index contributed by atoms with van der Waals surface area (Å²) in [6.07, 6.45) is 2.92. The van der Waals surface area contributed by atoms with Gasteiger partial charge in [-0.2, -0.15) is 0 Å². The van der Waals surface area contributed by atoms with E-state index in [1.807, 2.05) is 12.1 Å². The lowest BCUT2D eigenvalue weighted by molar-refractivity contribution is -0.137. The van der Waals surface area contributed by atoms with E-state index in [1.165, 1.54) is 7.11 Å².